The third-order valence-electron chi connectivity index (χ3n) is 3.70. The minimum atomic E-state index is -4.77. The van der Waals surface area contributed by atoms with Crippen molar-refractivity contribution in [3.63, 3.8) is 0 Å². The van der Waals surface area contributed by atoms with Crippen LogP contribution in [0.3, 0.4) is 0 Å². The number of aromatic nitrogens is 3. The van der Waals surface area contributed by atoms with Gasteiger partial charge in [0.15, 0.2) is 0 Å². The number of ether oxygens (including phenoxy) is 1. The van der Waals surface area contributed by atoms with Crippen molar-refractivity contribution in [3.05, 3.63) is 54.1 Å². The third-order valence-corrected chi connectivity index (χ3v) is 3.70. The molecule has 0 bridgehead atoms. The molecule has 0 aromatic carbocycles. The zero-order valence-electron chi connectivity index (χ0n) is 13.7. The van der Waals surface area contributed by atoms with Gasteiger partial charge in [0.2, 0.25) is 5.91 Å². The lowest BCUT2D eigenvalue weighted by Crippen LogP contribution is -2.28. The average molecular weight is 364 g/mol. The fourth-order valence-electron chi connectivity index (χ4n) is 2.54. The molecule has 3 heterocycles. The summed E-state index contributed by atoms with van der Waals surface area (Å²) in [5.41, 5.74) is 1.93. The first-order valence-corrected chi connectivity index (χ1v) is 7.74. The van der Waals surface area contributed by atoms with Crippen molar-refractivity contribution in [1.29, 1.82) is 0 Å². The molecule has 0 saturated carbocycles. The van der Waals surface area contributed by atoms with Crippen molar-refractivity contribution < 1.29 is 22.7 Å². The quantitative estimate of drug-likeness (QED) is 0.728. The second kappa shape index (κ2) is 7.03. The van der Waals surface area contributed by atoms with E-state index in [4.69, 9.17) is 0 Å². The van der Waals surface area contributed by atoms with Crippen molar-refractivity contribution in [3.8, 4) is 5.75 Å². The van der Waals surface area contributed by atoms with E-state index in [0.29, 0.717) is 11.3 Å². The van der Waals surface area contributed by atoms with Gasteiger partial charge in [0.25, 0.3) is 0 Å². The SMILES string of the molecule is C[C@@H](NC(=O)Cc1c[nH]c2ncccc12)c1ccc(OC(F)(F)F)cn1. The Morgan fingerprint density at radius 3 is 2.81 bits per heavy atom. The van der Waals surface area contributed by atoms with Gasteiger partial charge in [-0.05, 0) is 36.8 Å². The molecule has 3 rings (SSSR count). The maximum absolute atomic E-state index is 12.2. The van der Waals surface area contributed by atoms with Crippen molar-refractivity contribution >= 4 is 16.9 Å². The van der Waals surface area contributed by atoms with E-state index in [1.807, 2.05) is 6.07 Å². The fraction of sp³-hybridized carbons (Fsp3) is 0.235. The van der Waals surface area contributed by atoms with Gasteiger partial charge in [-0.2, -0.15) is 0 Å². The molecule has 26 heavy (non-hydrogen) atoms. The first kappa shape index (κ1) is 17.7. The second-order valence-electron chi connectivity index (χ2n) is 5.65. The largest absolute Gasteiger partial charge is 0.573 e. The minimum absolute atomic E-state index is 0.144. The number of alkyl halides is 3. The van der Waals surface area contributed by atoms with Crippen LogP contribution in [0.2, 0.25) is 0 Å². The second-order valence-corrected chi connectivity index (χ2v) is 5.65. The number of nitrogens with one attached hydrogen (secondary N) is 2. The molecule has 3 aromatic heterocycles. The first-order valence-electron chi connectivity index (χ1n) is 7.74. The van der Waals surface area contributed by atoms with Crippen LogP contribution in [0.15, 0.2) is 42.9 Å². The van der Waals surface area contributed by atoms with Gasteiger partial charge in [-0.3, -0.25) is 9.78 Å². The zero-order chi connectivity index (χ0) is 18.7. The molecular formula is C17H15F3N4O2. The van der Waals surface area contributed by atoms with E-state index in [0.717, 1.165) is 23.2 Å². The summed E-state index contributed by atoms with van der Waals surface area (Å²) in [5.74, 6) is -0.647. The van der Waals surface area contributed by atoms with E-state index in [9.17, 15) is 18.0 Å². The Morgan fingerprint density at radius 2 is 2.12 bits per heavy atom. The van der Waals surface area contributed by atoms with Gasteiger partial charge in [0.05, 0.1) is 24.4 Å². The van der Waals surface area contributed by atoms with E-state index in [2.05, 4.69) is 25.0 Å². The summed E-state index contributed by atoms with van der Waals surface area (Å²) in [5, 5.41) is 3.63. The van der Waals surface area contributed by atoms with Gasteiger partial charge in [0, 0.05) is 17.8 Å². The summed E-state index contributed by atoms with van der Waals surface area (Å²) >= 11 is 0. The van der Waals surface area contributed by atoms with Crippen LogP contribution < -0.4 is 10.1 Å². The number of pyridine rings is 2. The van der Waals surface area contributed by atoms with Crippen LogP contribution in [-0.4, -0.2) is 27.2 Å². The topological polar surface area (TPSA) is 79.9 Å². The predicted octanol–water partition coefficient (Wildman–Crippen LogP) is 3.28. The number of halogens is 3. The lowest BCUT2D eigenvalue weighted by atomic mass is 10.1. The number of nitrogens with zero attached hydrogens (tertiary/aromatic N) is 2. The Bertz CT molecular complexity index is 906. The van der Waals surface area contributed by atoms with Crippen LogP contribution in [0.25, 0.3) is 11.0 Å². The Morgan fingerprint density at radius 1 is 1.31 bits per heavy atom. The van der Waals surface area contributed by atoms with Crippen molar-refractivity contribution in [2.75, 3.05) is 0 Å². The highest BCUT2D eigenvalue weighted by Crippen LogP contribution is 2.23. The minimum Gasteiger partial charge on any atom is -0.404 e. The van der Waals surface area contributed by atoms with Crippen molar-refractivity contribution in [2.45, 2.75) is 25.7 Å². The van der Waals surface area contributed by atoms with E-state index in [1.165, 1.54) is 6.07 Å². The summed E-state index contributed by atoms with van der Waals surface area (Å²) < 4.78 is 40.2. The van der Waals surface area contributed by atoms with E-state index in [-0.39, 0.29) is 12.3 Å². The highest BCUT2D eigenvalue weighted by molar-refractivity contribution is 5.87. The predicted molar refractivity (Wildman–Crippen MR) is 87.3 cm³/mol. The summed E-state index contributed by atoms with van der Waals surface area (Å²) in [6, 6.07) is 5.72. The van der Waals surface area contributed by atoms with Crippen LogP contribution in [0.4, 0.5) is 13.2 Å². The molecule has 0 aliphatic heterocycles. The molecule has 6 nitrogen and oxygen atoms in total. The maximum atomic E-state index is 12.2. The van der Waals surface area contributed by atoms with E-state index >= 15 is 0 Å². The Hall–Kier alpha value is -3.10. The lowest BCUT2D eigenvalue weighted by Gasteiger charge is -2.14. The molecule has 0 aliphatic rings. The molecule has 136 valence electrons. The van der Waals surface area contributed by atoms with Gasteiger partial charge in [0.1, 0.15) is 11.4 Å². The number of hydrogen-bond donors (Lipinski definition) is 2. The number of carbonyl (C=O) groups excluding carboxylic acids is 1. The molecule has 0 unspecified atom stereocenters. The summed E-state index contributed by atoms with van der Waals surface area (Å²) in [6.07, 6.45) is -0.272. The molecule has 0 spiro atoms. The molecule has 0 fully saturated rings. The fourth-order valence-corrected chi connectivity index (χ4v) is 2.54. The van der Waals surface area contributed by atoms with Gasteiger partial charge >= 0.3 is 6.36 Å². The average Bonchev–Trinajstić information content (AvgIpc) is 2.97. The van der Waals surface area contributed by atoms with Gasteiger partial charge in [-0.15, -0.1) is 13.2 Å². The number of amides is 1. The summed E-state index contributed by atoms with van der Waals surface area (Å²) in [6.45, 7) is 1.70. The number of carbonyl (C=O) groups is 1. The molecular weight excluding hydrogens is 349 g/mol. The molecule has 0 saturated heterocycles. The standard InChI is InChI=1S/C17H15F3N4O2/c1-10(14-5-4-12(9-22-14)26-17(18,19)20)24-15(25)7-11-8-23-16-13(11)3-2-6-21-16/h2-6,8-10H,7H2,1H3,(H,21,23)(H,24,25)/t10-/m1/s1. The number of H-pyrrole nitrogens is 1. The first-order chi connectivity index (χ1) is 12.3. The van der Waals surface area contributed by atoms with Gasteiger partial charge in [-0.1, -0.05) is 0 Å². The Balaban J connectivity index is 1.62. The molecule has 0 radical (unpaired) electrons. The number of hydrogen-bond acceptors (Lipinski definition) is 4. The lowest BCUT2D eigenvalue weighted by molar-refractivity contribution is -0.274. The van der Waals surface area contributed by atoms with Crippen LogP contribution in [0, 0.1) is 0 Å². The van der Waals surface area contributed by atoms with Crippen molar-refractivity contribution in [2.24, 2.45) is 0 Å². The number of rotatable bonds is 5. The van der Waals surface area contributed by atoms with E-state index in [1.54, 1.807) is 25.4 Å². The van der Waals surface area contributed by atoms with Crippen LogP contribution in [0.1, 0.15) is 24.2 Å². The number of aromatic amines is 1. The maximum Gasteiger partial charge on any atom is 0.573 e. The molecule has 3 aromatic rings. The van der Waals surface area contributed by atoms with Gasteiger partial charge in [-0.25, -0.2) is 4.98 Å². The normalized spacial score (nSPS) is 12.8. The highest BCUT2D eigenvalue weighted by atomic mass is 19.4. The monoisotopic (exact) mass is 364 g/mol. The smallest absolute Gasteiger partial charge is 0.404 e. The highest BCUT2D eigenvalue weighted by Gasteiger charge is 2.31. The van der Waals surface area contributed by atoms with Crippen LogP contribution >= 0.6 is 0 Å². The Kier molecular flexibility index (Phi) is 4.79. The molecule has 1 atom stereocenters. The zero-order valence-corrected chi connectivity index (χ0v) is 13.7. The Labute approximate surface area is 146 Å². The van der Waals surface area contributed by atoms with Gasteiger partial charge < -0.3 is 15.0 Å². The summed E-state index contributed by atoms with van der Waals surface area (Å²) in [4.78, 5) is 23.3. The van der Waals surface area contributed by atoms with E-state index < -0.39 is 18.2 Å². The van der Waals surface area contributed by atoms with Crippen molar-refractivity contribution in [1.82, 2.24) is 20.3 Å². The van der Waals surface area contributed by atoms with Crippen LogP contribution in [0.5, 0.6) is 5.75 Å². The number of fused-ring (bicyclic) bond motifs is 1. The molecule has 9 heteroatoms. The summed E-state index contributed by atoms with van der Waals surface area (Å²) in [7, 11) is 0. The third kappa shape index (κ3) is 4.29. The molecule has 2 N–H and O–H groups in total. The van der Waals surface area contributed by atoms with Crippen LogP contribution in [-0.2, 0) is 11.2 Å². The molecule has 1 amide bonds. The molecule has 0 aliphatic carbocycles.